The highest BCUT2D eigenvalue weighted by Gasteiger charge is 2.30. The van der Waals surface area contributed by atoms with Crippen molar-refractivity contribution in [2.75, 3.05) is 0 Å². The number of nitrogens with zero attached hydrogens (tertiary/aromatic N) is 1. The second kappa shape index (κ2) is 5.09. The van der Waals surface area contributed by atoms with Crippen LogP contribution in [0.4, 0.5) is 13.2 Å². The zero-order chi connectivity index (χ0) is 14.9. The number of hydrogen-bond acceptors (Lipinski definition) is 2. The largest absolute Gasteiger partial charge is 0.573 e. The quantitative estimate of drug-likeness (QED) is 0.676. The number of hydrogen-bond donors (Lipinski definition) is 0. The van der Waals surface area contributed by atoms with Gasteiger partial charge in [-0.1, -0.05) is 30.3 Å². The molecule has 0 spiro atoms. The van der Waals surface area contributed by atoms with E-state index in [1.165, 1.54) is 12.1 Å². The summed E-state index contributed by atoms with van der Waals surface area (Å²) < 4.78 is 40.2. The van der Waals surface area contributed by atoms with Gasteiger partial charge in [-0.05, 0) is 29.8 Å². The second-order valence-electron chi connectivity index (χ2n) is 4.49. The van der Waals surface area contributed by atoms with Crippen LogP contribution in [0.1, 0.15) is 0 Å². The highest BCUT2D eigenvalue weighted by Crippen LogP contribution is 2.27. The molecule has 3 aromatic rings. The minimum absolute atomic E-state index is 0.236. The predicted octanol–water partition coefficient (Wildman–Crippen LogP) is 4.80. The molecule has 0 amide bonds. The van der Waals surface area contributed by atoms with E-state index < -0.39 is 6.36 Å². The average molecular weight is 289 g/mol. The van der Waals surface area contributed by atoms with Gasteiger partial charge in [-0.3, -0.25) is 4.98 Å². The number of benzene rings is 2. The van der Waals surface area contributed by atoms with Crippen molar-refractivity contribution in [1.29, 1.82) is 0 Å². The average Bonchev–Trinajstić information content (AvgIpc) is 2.46. The van der Waals surface area contributed by atoms with Crippen molar-refractivity contribution in [2.45, 2.75) is 6.36 Å². The molecular weight excluding hydrogens is 279 g/mol. The Kier molecular flexibility index (Phi) is 3.25. The van der Waals surface area contributed by atoms with Crippen LogP contribution in [0, 0.1) is 0 Å². The van der Waals surface area contributed by atoms with E-state index in [-0.39, 0.29) is 5.75 Å². The predicted molar refractivity (Wildman–Crippen MR) is 73.9 cm³/mol. The van der Waals surface area contributed by atoms with Crippen molar-refractivity contribution in [3.63, 3.8) is 0 Å². The van der Waals surface area contributed by atoms with Crippen LogP contribution in [0.5, 0.6) is 5.75 Å². The highest BCUT2D eigenvalue weighted by atomic mass is 19.4. The molecule has 0 bridgehead atoms. The van der Waals surface area contributed by atoms with E-state index in [4.69, 9.17) is 0 Å². The standard InChI is InChI=1S/C16H10F3NO/c17-16(18,19)21-14-7-5-11(6-8-14)13-9-12-3-1-2-4-15(12)20-10-13/h1-10H. The lowest BCUT2D eigenvalue weighted by Crippen LogP contribution is -2.16. The summed E-state index contributed by atoms with van der Waals surface area (Å²) in [4.78, 5) is 4.33. The summed E-state index contributed by atoms with van der Waals surface area (Å²) in [5.41, 5.74) is 2.49. The summed E-state index contributed by atoms with van der Waals surface area (Å²) in [6.07, 6.45) is -2.98. The van der Waals surface area contributed by atoms with E-state index in [2.05, 4.69) is 9.72 Å². The minimum Gasteiger partial charge on any atom is -0.406 e. The van der Waals surface area contributed by atoms with Gasteiger partial charge in [0.15, 0.2) is 0 Å². The van der Waals surface area contributed by atoms with Crippen molar-refractivity contribution in [3.8, 4) is 16.9 Å². The van der Waals surface area contributed by atoms with Gasteiger partial charge in [-0.25, -0.2) is 0 Å². The Labute approximate surface area is 118 Å². The molecule has 1 heterocycles. The monoisotopic (exact) mass is 289 g/mol. The molecule has 3 rings (SSSR count). The molecule has 0 aliphatic rings. The molecule has 0 fully saturated rings. The lowest BCUT2D eigenvalue weighted by atomic mass is 10.1. The third-order valence-electron chi connectivity index (χ3n) is 3.01. The fraction of sp³-hybridized carbons (Fsp3) is 0.0625. The van der Waals surface area contributed by atoms with Crippen molar-refractivity contribution in [2.24, 2.45) is 0 Å². The molecule has 0 radical (unpaired) electrons. The van der Waals surface area contributed by atoms with Crippen LogP contribution in [0.3, 0.4) is 0 Å². The van der Waals surface area contributed by atoms with E-state index in [0.717, 1.165) is 22.0 Å². The van der Waals surface area contributed by atoms with Crippen LogP contribution >= 0.6 is 0 Å². The Morgan fingerprint density at radius 3 is 2.29 bits per heavy atom. The van der Waals surface area contributed by atoms with Gasteiger partial charge in [-0.15, -0.1) is 13.2 Å². The molecule has 2 nitrogen and oxygen atoms in total. The smallest absolute Gasteiger partial charge is 0.406 e. The normalized spacial score (nSPS) is 11.6. The van der Waals surface area contributed by atoms with Gasteiger partial charge < -0.3 is 4.74 Å². The Balaban J connectivity index is 1.91. The number of aromatic nitrogens is 1. The summed E-state index contributed by atoms with van der Waals surface area (Å²) in [5, 5.41) is 0.977. The van der Waals surface area contributed by atoms with Gasteiger partial charge >= 0.3 is 6.36 Å². The topological polar surface area (TPSA) is 22.1 Å². The van der Waals surface area contributed by atoms with Gasteiger partial charge in [0.05, 0.1) is 5.52 Å². The minimum atomic E-state index is -4.67. The lowest BCUT2D eigenvalue weighted by Gasteiger charge is -2.09. The molecule has 2 aromatic carbocycles. The fourth-order valence-electron chi connectivity index (χ4n) is 2.08. The highest BCUT2D eigenvalue weighted by molar-refractivity contribution is 5.83. The molecule has 1 aromatic heterocycles. The Bertz CT molecular complexity index is 766. The molecule has 21 heavy (non-hydrogen) atoms. The Morgan fingerprint density at radius 1 is 0.857 bits per heavy atom. The number of fused-ring (bicyclic) bond motifs is 1. The van der Waals surface area contributed by atoms with E-state index in [9.17, 15) is 13.2 Å². The van der Waals surface area contributed by atoms with E-state index >= 15 is 0 Å². The third-order valence-corrected chi connectivity index (χ3v) is 3.01. The molecule has 0 saturated carbocycles. The van der Waals surface area contributed by atoms with Crippen LogP contribution in [0.15, 0.2) is 60.8 Å². The number of pyridine rings is 1. The zero-order valence-corrected chi connectivity index (χ0v) is 10.8. The molecule has 0 aliphatic heterocycles. The molecule has 0 N–H and O–H groups in total. The van der Waals surface area contributed by atoms with Gasteiger partial charge in [-0.2, -0.15) is 0 Å². The number of ether oxygens (including phenoxy) is 1. The number of halogens is 3. The van der Waals surface area contributed by atoms with E-state index in [1.807, 2.05) is 30.3 Å². The van der Waals surface area contributed by atoms with Crippen molar-refractivity contribution < 1.29 is 17.9 Å². The number of rotatable bonds is 2. The summed E-state index contributed by atoms with van der Waals surface area (Å²) in [6.45, 7) is 0. The number of para-hydroxylation sites is 1. The van der Waals surface area contributed by atoms with Gasteiger partial charge in [0, 0.05) is 17.1 Å². The first-order chi connectivity index (χ1) is 10.0. The molecule has 5 heteroatoms. The first-order valence-electron chi connectivity index (χ1n) is 6.22. The maximum absolute atomic E-state index is 12.1. The van der Waals surface area contributed by atoms with E-state index in [1.54, 1.807) is 18.3 Å². The summed E-state index contributed by atoms with van der Waals surface area (Å²) >= 11 is 0. The maximum atomic E-state index is 12.1. The fourth-order valence-corrected chi connectivity index (χ4v) is 2.08. The summed E-state index contributed by atoms with van der Waals surface area (Å²) in [5.74, 6) is -0.236. The lowest BCUT2D eigenvalue weighted by molar-refractivity contribution is -0.274. The molecule has 0 saturated heterocycles. The molecule has 0 unspecified atom stereocenters. The first kappa shape index (κ1) is 13.4. The van der Waals surface area contributed by atoms with Crippen LogP contribution in [0.2, 0.25) is 0 Å². The molecule has 0 aliphatic carbocycles. The zero-order valence-electron chi connectivity index (χ0n) is 10.8. The van der Waals surface area contributed by atoms with Gasteiger partial charge in [0.2, 0.25) is 0 Å². The molecule has 0 atom stereocenters. The van der Waals surface area contributed by atoms with Crippen LogP contribution in [-0.4, -0.2) is 11.3 Å². The van der Waals surface area contributed by atoms with Crippen LogP contribution < -0.4 is 4.74 Å². The van der Waals surface area contributed by atoms with Crippen molar-refractivity contribution >= 4 is 10.9 Å². The van der Waals surface area contributed by atoms with Crippen LogP contribution in [-0.2, 0) is 0 Å². The van der Waals surface area contributed by atoms with Gasteiger partial charge in [0.1, 0.15) is 5.75 Å². The molecule has 106 valence electrons. The maximum Gasteiger partial charge on any atom is 0.573 e. The van der Waals surface area contributed by atoms with Crippen LogP contribution in [0.25, 0.3) is 22.0 Å². The summed E-state index contributed by atoms with van der Waals surface area (Å²) in [6, 6.07) is 15.3. The second-order valence-corrected chi connectivity index (χ2v) is 4.49. The Hall–Kier alpha value is -2.56. The SMILES string of the molecule is FC(F)(F)Oc1ccc(-c2cnc3ccccc3c2)cc1. The summed E-state index contributed by atoms with van der Waals surface area (Å²) in [7, 11) is 0. The number of alkyl halides is 3. The van der Waals surface area contributed by atoms with Crippen molar-refractivity contribution in [1.82, 2.24) is 4.98 Å². The van der Waals surface area contributed by atoms with Crippen molar-refractivity contribution in [3.05, 3.63) is 60.8 Å². The Morgan fingerprint density at radius 2 is 1.57 bits per heavy atom. The third kappa shape index (κ3) is 3.13. The van der Waals surface area contributed by atoms with Gasteiger partial charge in [0.25, 0.3) is 0 Å². The van der Waals surface area contributed by atoms with E-state index in [0.29, 0.717) is 0 Å². The first-order valence-corrected chi connectivity index (χ1v) is 6.22. The molecular formula is C16H10F3NO.